The van der Waals surface area contributed by atoms with E-state index in [0.29, 0.717) is 49.4 Å². The van der Waals surface area contributed by atoms with Crippen LogP contribution in [0.15, 0.2) is 75.8 Å². The number of anilines is 1. The van der Waals surface area contributed by atoms with E-state index in [-0.39, 0.29) is 41.8 Å². The number of carbonyl (C=O) groups excluding carboxylic acids is 1. The Hall–Kier alpha value is -3.70. The van der Waals surface area contributed by atoms with E-state index in [2.05, 4.69) is 5.32 Å². The van der Waals surface area contributed by atoms with Gasteiger partial charge in [-0.1, -0.05) is 24.3 Å². The second-order valence-electron chi connectivity index (χ2n) is 8.89. The molecule has 1 aliphatic rings. The molecule has 0 fully saturated rings. The highest BCUT2D eigenvalue weighted by atomic mass is 16.7. The molecule has 0 saturated heterocycles. The van der Waals surface area contributed by atoms with Crippen molar-refractivity contribution in [3.05, 3.63) is 82.4 Å². The molecule has 1 amide bonds. The van der Waals surface area contributed by atoms with Crippen LogP contribution in [0, 0.1) is 5.92 Å². The average molecular weight is 540 g/mol. The topological polar surface area (TPSA) is 137 Å². The molecule has 0 unspecified atom stereocenters. The number of ether oxygens (including phenoxy) is 4. The van der Waals surface area contributed by atoms with Crippen LogP contribution in [0.5, 0.6) is 5.75 Å². The highest BCUT2D eigenvalue weighted by Gasteiger charge is 2.39. The molecule has 0 aliphatic carbocycles. The second-order valence-corrected chi connectivity index (χ2v) is 8.89. The molecular formula is C29H33NO9. The summed E-state index contributed by atoms with van der Waals surface area (Å²) in [6.45, 7) is 3.30. The van der Waals surface area contributed by atoms with Crippen molar-refractivity contribution in [2.24, 2.45) is 5.92 Å². The molecule has 1 aromatic heterocycles. The van der Waals surface area contributed by atoms with Gasteiger partial charge in [-0.05, 0) is 43.7 Å². The largest absolute Gasteiger partial charge is 0.506 e. The van der Waals surface area contributed by atoms with Gasteiger partial charge in [-0.15, -0.1) is 0 Å². The Bertz CT molecular complexity index is 1340. The van der Waals surface area contributed by atoms with Gasteiger partial charge in [0.15, 0.2) is 11.2 Å². The summed E-state index contributed by atoms with van der Waals surface area (Å²) >= 11 is 0. The molecule has 39 heavy (non-hydrogen) atoms. The first-order chi connectivity index (χ1) is 19.0. The van der Waals surface area contributed by atoms with Gasteiger partial charge >= 0.3 is 0 Å². The third-order valence-electron chi connectivity index (χ3n) is 6.36. The van der Waals surface area contributed by atoms with Crippen molar-refractivity contribution in [1.29, 1.82) is 0 Å². The van der Waals surface area contributed by atoms with E-state index in [9.17, 15) is 14.7 Å². The van der Waals surface area contributed by atoms with E-state index >= 15 is 0 Å². The number of rotatable bonds is 13. The fourth-order valence-electron chi connectivity index (χ4n) is 4.49. The predicted octanol–water partition coefficient (Wildman–Crippen LogP) is 3.53. The predicted molar refractivity (Wildman–Crippen MR) is 143 cm³/mol. The van der Waals surface area contributed by atoms with Crippen LogP contribution in [0.2, 0.25) is 0 Å². The molecule has 2 heterocycles. The average Bonchev–Trinajstić information content (AvgIpc) is 2.95. The fraction of sp³-hybridized carbons (Fsp3) is 0.379. The van der Waals surface area contributed by atoms with E-state index in [1.54, 1.807) is 48.5 Å². The second kappa shape index (κ2) is 13.9. The van der Waals surface area contributed by atoms with Crippen LogP contribution >= 0.6 is 0 Å². The van der Waals surface area contributed by atoms with Crippen molar-refractivity contribution >= 4 is 22.6 Å². The lowest BCUT2D eigenvalue weighted by atomic mass is 9.81. The first-order valence-corrected chi connectivity index (χ1v) is 12.9. The van der Waals surface area contributed by atoms with Crippen molar-refractivity contribution in [2.75, 3.05) is 45.0 Å². The fourth-order valence-corrected chi connectivity index (χ4v) is 4.49. The summed E-state index contributed by atoms with van der Waals surface area (Å²) < 4.78 is 28.7. The van der Waals surface area contributed by atoms with E-state index in [1.807, 2.05) is 6.92 Å². The number of amides is 1. The number of phenols is 1. The molecule has 0 radical (unpaired) electrons. The van der Waals surface area contributed by atoms with Crippen molar-refractivity contribution in [3.63, 3.8) is 0 Å². The van der Waals surface area contributed by atoms with Gasteiger partial charge in [0.25, 0.3) is 5.91 Å². The van der Waals surface area contributed by atoms with E-state index in [0.717, 1.165) is 0 Å². The molecule has 10 heteroatoms. The monoisotopic (exact) mass is 539 g/mol. The summed E-state index contributed by atoms with van der Waals surface area (Å²) in [6, 6.07) is 13.3. The van der Waals surface area contributed by atoms with E-state index < -0.39 is 18.1 Å². The van der Waals surface area contributed by atoms with Crippen LogP contribution in [0.1, 0.15) is 24.8 Å². The zero-order chi connectivity index (χ0) is 27.6. The van der Waals surface area contributed by atoms with Crippen LogP contribution < -0.4 is 10.7 Å². The Labute approximate surface area is 225 Å². The normalized spacial score (nSPS) is 18.9. The van der Waals surface area contributed by atoms with Gasteiger partial charge in [0.1, 0.15) is 11.3 Å². The van der Waals surface area contributed by atoms with E-state index in [4.69, 9.17) is 28.5 Å². The number of para-hydroxylation sites is 3. The number of benzene rings is 2. The number of allylic oxidation sites excluding steroid dienone is 1. The lowest BCUT2D eigenvalue weighted by Crippen LogP contribution is -2.39. The van der Waals surface area contributed by atoms with Gasteiger partial charge in [-0.25, -0.2) is 0 Å². The van der Waals surface area contributed by atoms with Gasteiger partial charge in [0.05, 0.1) is 43.8 Å². The minimum atomic E-state index is -0.852. The van der Waals surface area contributed by atoms with E-state index in [1.165, 1.54) is 12.3 Å². The zero-order valence-corrected chi connectivity index (χ0v) is 21.7. The molecule has 4 rings (SSSR count). The minimum absolute atomic E-state index is 0.0381. The van der Waals surface area contributed by atoms with Gasteiger partial charge < -0.3 is 38.9 Å². The Morgan fingerprint density at radius 1 is 1.03 bits per heavy atom. The standard InChI is InChI=1S/C29H33NO9/c1-2-37-29-19(11-13-35-15-16-36-14-12-31)21(22-18-38-25-10-6-3-7-20(25)27(22)33)17-26(39-29)28(34)30-23-8-4-5-9-24(23)32/h3-10,17-19,21,29,31-32H,2,11-16H2,1H3,(H,30,34)/t19-,21-,29+/m0/s1. The lowest BCUT2D eigenvalue weighted by molar-refractivity contribution is -0.166. The third-order valence-corrected chi connectivity index (χ3v) is 6.36. The highest BCUT2D eigenvalue weighted by Crippen LogP contribution is 2.38. The maximum atomic E-state index is 13.6. The Morgan fingerprint density at radius 3 is 2.54 bits per heavy atom. The maximum Gasteiger partial charge on any atom is 0.290 e. The molecule has 3 atom stereocenters. The third kappa shape index (κ3) is 7.04. The van der Waals surface area contributed by atoms with Crippen LogP contribution in [-0.4, -0.2) is 62.1 Å². The smallest absolute Gasteiger partial charge is 0.290 e. The maximum absolute atomic E-state index is 13.6. The van der Waals surface area contributed by atoms with Gasteiger partial charge in [0.2, 0.25) is 6.29 Å². The molecule has 0 saturated carbocycles. The molecule has 208 valence electrons. The summed E-state index contributed by atoms with van der Waals surface area (Å²) in [7, 11) is 0. The molecule has 1 aliphatic heterocycles. The summed E-state index contributed by atoms with van der Waals surface area (Å²) in [6.07, 6.45) is 2.62. The Morgan fingerprint density at radius 2 is 1.77 bits per heavy atom. The number of aliphatic hydroxyl groups excluding tert-OH is 1. The SMILES string of the molecule is CCO[C@@H]1OC(C(=O)Nc2ccccc2O)=C[C@H](c2coc3ccccc3c2=O)[C@@H]1CCOCCOCCO. The first kappa shape index (κ1) is 28.3. The number of phenolic OH excluding ortho intramolecular Hbond substituents is 1. The van der Waals surface area contributed by atoms with Gasteiger partial charge in [-0.3, -0.25) is 9.59 Å². The number of aromatic hydroxyl groups is 1. The lowest BCUT2D eigenvalue weighted by Gasteiger charge is -2.36. The zero-order valence-electron chi connectivity index (χ0n) is 21.7. The number of nitrogens with one attached hydrogen (secondary N) is 1. The Kier molecular flexibility index (Phi) is 10.1. The van der Waals surface area contributed by atoms with Crippen molar-refractivity contribution < 1.29 is 38.4 Å². The molecule has 3 aromatic rings. The van der Waals surface area contributed by atoms with Gasteiger partial charge in [-0.2, -0.15) is 0 Å². The number of hydrogen-bond acceptors (Lipinski definition) is 9. The van der Waals surface area contributed by atoms with Crippen molar-refractivity contribution in [1.82, 2.24) is 0 Å². The van der Waals surface area contributed by atoms with Crippen molar-refractivity contribution in [2.45, 2.75) is 25.6 Å². The quantitative estimate of drug-likeness (QED) is 0.220. The van der Waals surface area contributed by atoms with Crippen LogP contribution in [0.3, 0.4) is 0 Å². The van der Waals surface area contributed by atoms with Crippen LogP contribution in [-0.2, 0) is 23.7 Å². The Balaban J connectivity index is 1.65. The molecule has 0 spiro atoms. The summed E-state index contributed by atoms with van der Waals surface area (Å²) in [4.78, 5) is 26.8. The summed E-state index contributed by atoms with van der Waals surface area (Å²) in [5, 5.41) is 22.0. The van der Waals surface area contributed by atoms with Crippen molar-refractivity contribution in [3.8, 4) is 5.75 Å². The highest BCUT2D eigenvalue weighted by molar-refractivity contribution is 6.03. The number of aliphatic hydroxyl groups is 1. The summed E-state index contributed by atoms with van der Waals surface area (Å²) in [5.74, 6) is -1.69. The molecule has 2 aromatic carbocycles. The molecular weight excluding hydrogens is 506 g/mol. The summed E-state index contributed by atoms with van der Waals surface area (Å²) in [5.41, 5.74) is 0.842. The first-order valence-electron chi connectivity index (χ1n) is 12.9. The molecule has 3 N–H and O–H groups in total. The molecule has 10 nitrogen and oxygen atoms in total. The van der Waals surface area contributed by atoms with Crippen LogP contribution in [0.25, 0.3) is 11.0 Å². The van der Waals surface area contributed by atoms with Gasteiger partial charge in [0, 0.05) is 30.6 Å². The number of fused-ring (bicyclic) bond motifs is 1. The van der Waals surface area contributed by atoms with Crippen LogP contribution in [0.4, 0.5) is 5.69 Å². The number of hydrogen-bond donors (Lipinski definition) is 3. The minimum Gasteiger partial charge on any atom is -0.506 e. The molecule has 0 bridgehead atoms. The number of carbonyl (C=O) groups is 1.